The van der Waals surface area contributed by atoms with Gasteiger partial charge in [-0.2, -0.15) is 0 Å². The molecule has 0 aliphatic carbocycles. The molecule has 5 nitrogen and oxygen atoms in total. The summed E-state index contributed by atoms with van der Waals surface area (Å²) in [5.74, 6) is 0. The zero-order valence-electron chi connectivity index (χ0n) is 5.75. The number of aliphatic hydroxyl groups excluding tert-OH is 3. The molecule has 11 heavy (non-hydrogen) atoms. The highest BCUT2D eigenvalue weighted by atomic mass is 16.7. The van der Waals surface area contributed by atoms with Crippen LogP contribution in [0.15, 0.2) is 0 Å². The van der Waals surface area contributed by atoms with Gasteiger partial charge in [0.25, 0.3) is 0 Å². The topological polar surface area (TPSA) is 79.2 Å². The highest BCUT2D eigenvalue weighted by Gasteiger charge is 2.49. The van der Waals surface area contributed by atoms with Gasteiger partial charge in [0.05, 0.1) is 6.61 Å². The maximum absolute atomic E-state index is 9.28. The number of rotatable bonds is 0. The normalized spacial score (nSPS) is 56.5. The molecule has 64 valence electrons. The number of hydrogen-bond acceptors (Lipinski definition) is 5. The first-order valence-corrected chi connectivity index (χ1v) is 3.51. The fourth-order valence-electron chi connectivity index (χ4n) is 1.46. The first-order chi connectivity index (χ1) is 5.20. The van der Waals surface area contributed by atoms with E-state index in [0.29, 0.717) is 0 Å². The SMILES string of the molecule is OC1OC2CO[C@@H]([C@@H]1O)[C@@H]2O. The van der Waals surface area contributed by atoms with Gasteiger partial charge in [-0.25, -0.2) is 0 Å². The molecular weight excluding hydrogens is 152 g/mol. The Morgan fingerprint density at radius 2 is 1.82 bits per heavy atom. The van der Waals surface area contributed by atoms with Gasteiger partial charge in [0, 0.05) is 0 Å². The fraction of sp³-hybridized carbons (Fsp3) is 1.00. The van der Waals surface area contributed by atoms with Crippen molar-refractivity contribution in [2.75, 3.05) is 6.61 Å². The standard InChI is InChI=1S/C6H10O5/c7-3-2-1-10-5(3)4(8)6(9)11-2/h2-9H,1H2/t2?,3-,4+,5-,6?/m1/s1. The van der Waals surface area contributed by atoms with Crippen LogP contribution >= 0.6 is 0 Å². The molecule has 2 rings (SSSR count). The second-order valence-corrected chi connectivity index (χ2v) is 2.84. The van der Waals surface area contributed by atoms with Gasteiger partial charge in [0.2, 0.25) is 0 Å². The van der Waals surface area contributed by atoms with E-state index in [1.54, 1.807) is 0 Å². The van der Waals surface area contributed by atoms with Crippen molar-refractivity contribution in [1.29, 1.82) is 0 Å². The van der Waals surface area contributed by atoms with Gasteiger partial charge >= 0.3 is 0 Å². The van der Waals surface area contributed by atoms with Crippen molar-refractivity contribution >= 4 is 0 Å². The summed E-state index contributed by atoms with van der Waals surface area (Å²) in [5.41, 5.74) is 0. The third-order valence-electron chi connectivity index (χ3n) is 2.11. The summed E-state index contributed by atoms with van der Waals surface area (Å²) in [4.78, 5) is 0. The molecule has 2 aliphatic heterocycles. The van der Waals surface area contributed by atoms with Crippen LogP contribution in [0.2, 0.25) is 0 Å². The number of aliphatic hydroxyl groups is 3. The number of fused-ring (bicyclic) bond motifs is 2. The minimum Gasteiger partial charge on any atom is -0.387 e. The molecule has 0 radical (unpaired) electrons. The monoisotopic (exact) mass is 162 g/mol. The maximum atomic E-state index is 9.28. The van der Waals surface area contributed by atoms with E-state index in [1.807, 2.05) is 0 Å². The molecular formula is C6H10O5. The van der Waals surface area contributed by atoms with Gasteiger partial charge in [0.15, 0.2) is 6.29 Å². The first-order valence-electron chi connectivity index (χ1n) is 3.51. The van der Waals surface area contributed by atoms with Gasteiger partial charge in [-0.05, 0) is 0 Å². The lowest BCUT2D eigenvalue weighted by Gasteiger charge is -2.31. The second-order valence-electron chi connectivity index (χ2n) is 2.84. The van der Waals surface area contributed by atoms with Gasteiger partial charge < -0.3 is 24.8 Å². The summed E-state index contributed by atoms with van der Waals surface area (Å²) in [6, 6.07) is 0. The highest BCUT2D eigenvalue weighted by molar-refractivity contribution is 4.94. The lowest BCUT2D eigenvalue weighted by molar-refractivity contribution is -0.242. The van der Waals surface area contributed by atoms with Gasteiger partial charge in [-0.1, -0.05) is 0 Å². The summed E-state index contributed by atoms with van der Waals surface area (Å²) < 4.78 is 9.82. The summed E-state index contributed by atoms with van der Waals surface area (Å²) in [6.07, 6.45) is -4.35. The van der Waals surface area contributed by atoms with Crippen molar-refractivity contribution in [2.45, 2.75) is 30.7 Å². The van der Waals surface area contributed by atoms with Crippen molar-refractivity contribution in [1.82, 2.24) is 0 Å². The van der Waals surface area contributed by atoms with Crippen LogP contribution in [0.4, 0.5) is 0 Å². The highest BCUT2D eigenvalue weighted by Crippen LogP contribution is 2.28. The third kappa shape index (κ3) is 0.969. The fourth-order valence-corrected chi connectivity index (χ4v) is 1.46. The lowest BCUT2D eigenvalue weighted by Crippen LogP contribution is -2.52. The van der Waals surface area contributed by atoms with Crippen LogP contribution in [-0.2, 0) is 9.47 Å². The Bertz CT molecular complexity index is 161. The molecule has 5 heteroatoms. The summed E-state index contributed by atoms with van der Waals surface area (Å²) in [7, 11) is 0. The van der Waals surface area contributed by atoms with Gasteiger partial charge in [-0.15, -0.1) is 0 Å². The van der Waals surface area contributed by atoms with E-state index in [1.165, 1.54) is 0 Å². The molecule has 2 fully saturated rings. The molecule has 2 heterocycles. The van der Waals surface area contributed by atoms with Crippen LogP contribution in [0.1, 0.15) is 0 Å². The quantitative estimate of drug-likeness (QED) is 0.377. The molecule has 0 amide bonds. The van der Waals surface area contributed by atoms with E-state index >= 15 is 0 Å². The Morgan fingerprint density at radius 3 is 2.55 bits per heavy atom. The van der Waals surface area contributed by atoms with Crippen LogP contribution in [0.3, 0.4) is 0 Å². The predicted molar refractivity (Wildman–Crippen MR) is 32.6 cm³/mol. The molecule has 2 unspecified atom stereocenters. The largest absolute Gasteiger partial charge is 0.387 e. The summed E-state index contributed by atoms with van der Waals surface area (Å²) in [6.45, 7) is 0.236. The second kappa shape index (κ2) is 2.40. The molecule has 2 aliphatic rings. The van der Waals surface area contributed by atoms with Crippen LogP contribution in [0.25, 0.3) is 0 Å². The van der Waals surface area contributed by atoms with Crippen LogP contribution in [0.5, 0.6) is 0 Å². The maximum Gasteiger partial charge on any atom is 0.184 e. The van der Waals surface area contributed by atoms with Crippen molar-refractivity contribution in [3.63, 3.8) is 0 Å². The molecule has 2 saturated heterocycles. The van der Waals surface area contributed by atoms with Crippen LogP contribution in [0, 0.1) is 0 Å². The Hall–Kier alpha value is -0.200. The molecule has 5 atom stereocenters. The van der Waals surface area contributed by atoms with E-state index in [4.69, 9.17) is 14.6 Å². The molecule has 0 saturated carbocycles. The van der Waals surface area contributed by atoms with Gasteiger partial charge in [0.1, 0.15) is 24.4 Å². The van der Waals surface area contributed by atoms with E-state index in [-0.39, 0.29) is 6.61 Å². The van der Waals surface area contributed by atoms with E-state index < -0.39 is 30.7 Å². The van der Waals surface area contributed by atoms with E-state index in [9.17, 15) is 10.2 Å². The van der Waals surface area contributed by atoms with Crippen molar-refractivity contribution in [3.05, 3.63) is 0 Å². The van der Waals surface area contributed by atoms with Crippen molar-refractivity contribution < 1.29 is 24.8 Å². The van der Waals surface area contributed by atoms with Crippen molar-refractivity contribution in [3.8, 4) is 0 Å². The molecule has 3 N–H and O–H groups in total. The number of hydrogen-bond donors (Lipinski definition) is 3. The van der Waals surface area contributed by atoms with Crippen LogP contribution < -0.4 is 0 Å². The van der Waals surface area contributed by atoms with Crippen LogP contribution in [-0.4, -0.2) is 52.6 Å². The average molecular weight is 162 g/mol. The zero-order valence-corrected chi connectivity index (χ0v) is 5.75. The Kier molecular flexibility index (Phi) is 1.62. The molecule has 0 spiro atoms. The molecule has 0 aromatic heterocycles. The van der Waals surface area contributed by atoms with E-state index in [0.717, 1.165) is 0 Å². The first kappa shape index (κ1) is 7.45. The minimum atomic E-state index is -1.23. The lowest BCUT2D eigenvalue weighted by atomic mass is 10.0. The molecule has 2 bridgehead atoms. The van der Waals surface area contributed by atoms with Crippen molar-refractivity contribution in [2.24, 2.45) is 0 Å². The Labute approximate surface area is 63.2 Å². The average Bonchev–Trinajstić information content (AvgIpc) is 2.23. The summed E-state index contributed by atoms with van der Waals surface area (Å²) >= 11 is 0. The number of ether oxygens (including phenoxy) is 2. The predicted octanol–water partition coefficient (Wildman–Crippen LogP) is -2.18. The Morgan fingerprint density at radius 1 is 1.09 bits per heavy atom. The zero-order chi connectivity index (χ0) is 8.01. The minimum absolute atomic E-state index is 0.236. The smallest absolute Gasteiger partial charge is 0.184 e. The third-order valence-corrected chi connectivity index (χ3v) is 2.11. The molecule has 0 aromatic rings. The molecule has 0 aromatic carbocycles. The van der Waals surface area contributed by atoms with Gasteiger partial charge in [-0.3, -0.25) is 0 Å². The van der Waals surface area contributed by atoms with E-state index in [2.05, 4.69) is 0 Å². The summed E-state index contributed by atoms with van der Waals surface area (Å²) in [5, 5.41) is 27.5. The Balaban J connectivity index is 2.16.